The maximum Gasteiger partial charge on any atom is 0.0509 e. The Morgan fingerprint density at radius 2 is 1.79 bits per heavy atom. The number of para-hydroxylation sites is 1. The van der Waals surface area contributed by atoms with Crippen LogP contribution in [0.15, 0.2) is 42.5 Å². The number of anilines is 2. The number of rotatable bonds is 2. The highest BCUT2D eigenvalue weighted by molar-refractivity contribution is 6.32. The van der Waals surface area contributed by atoms with E-state index in [0.717, 1.165) is 35.7 Å². The number of hydrogen-bond donors (Lipinski definition) is 0. The first-order valence-electron chi connectivity index (χ1n) is 6.50. The van der Waals surface area contributed by atoms with E-state index in [1.165, 1.54) is 11.3 Å². The van der Waals surface area contributed by atoms with Gasteiger partial charge in [-0.1, -0.05) is 35.9 Å². The highest BCUT2D eigenvalue weighted by Gasteiger charge is 2.20. The maximum absolute atomic E-state index is 6.26. The number of nitrogens with zero attached hydrogens (tertiary/aromatic N) is 1. The first-order chi connectivity index (χ1) is 9.31. The lowest BCUT2D eigenvalue weighted by Crippen LogP contribution is -2.25. The summed E-state index contributed by atoms with van der Waals surface area (Å²) in [6.07, 6.45) is 2.30. The van der Waals surface area contributed by atoms with Crippen molar-refractivity contribution in [2.24, 2.45) is 0 Å². The van der Waals surface area contributed by atoms with Crippen molar-refractivity contribution in [3.8, 4) is 0 Å². The van der Waals surface area contributed by atoms with E-state index in [2.05, 4.69) is 35.2 Å². The van der Waals surface area contributed by atoms with Crippen LogP contribution in [0.1, 0.15) is 17.5 Å². The van der Waals surface area contributed by atoms with Gasteiger partial charge in [0.1, 0.15) is 0 Å². The molecule has 0 radical (unpaired) electrons. The Kier molecular flexibility index (Phi) is 3.67. The highest BCUT2D eigenvalue weighted by atomic mass is 35.5. The van der Waals surface area contributed by atoms with Crippen LogP contribution in [0, 0.1) is 0 Å². The van der Waals surface area contributed by atoms with E-state index in [1.807, 2.05) is 12.1 Å². The molecule has 2 aromatic carbocycles. The number of alkyl halides is 1. The second-order valence-corrected chi connectivity index (χ2v) is 5.43. The van der Waals surface area contributed by atoms with Gasteiger partial charge in [-0.2, -0.15) is 0 Å². The summed E-state index contributed by atoms with van der Waals surface area (Å²) in [5.74, 6) is 0.438. The van der Waals surface area contributed by atoms with Gasteiger partial charge in [-0.25, -0.2) is 0 Å². The van der Waals surface area contributed by atoms with E-state index < -0.39 is 0 Å². The monoisotopic (exact) mass is 291 g/mol. The number of benzene rings is 2. The average Bonchev–Trinajstić information content (AvgIpc) is 2.46. The van der Waals surface area contributed by atoms with Gasteiger partial charge in [-0.3, -0.25) is 0 Å². The van der Waals surface area contributed by atoms with Crippen LogP contribution in [0.3, 0.4) is 0 Å². The lowest BCUT2D eigenvalue weighted by atomic mass is 10.0. The van der Waals surface area contributed by atoms with Crippen LogP contribution >= 0.6 is 23.2 Å². The van der Waals surface area contributed by atoms with Gasteiger partial charge in [-0.05, 0) is 36.6 Å². The number of hydrogen-bond acceptors (Lipinski definition) is 1. The van der Waals surface area contributed by atoms with Gasteiger partial charge in [0, 0.05) is 28.5 Å². The molecule has 1 nitrogen and oxygen atoms in total. The summed E-state index contributed by atoms with van der Waals surface area (Å²) in [5.41, 5.74) is 4.83. The predicted octanol–water partition coefficient (Wildman–Crippen LogP) is 5.16. The first kappa shape index (κ1) is 12.8. The molecule has 1 aliphatic rings. The molecule has 2 aromatic rings. The Balaban J connectivity index is 2.12. The molecule has 1 aliphatic heterocycles. The fourth-order valence-corrected chi connectivity index (χ4v) is 3.30. The van der Waals surface area contributed by atoms with Gasteiger partial charge in [0.15, 0.2) is 0 Å². The molecule has 0 spiro atoms. The van der Waals surface area contributed by atoms with Gasteiger partial charge < -0.3 is 4.90 Å². The van der Waals surface area contributed by atoms with Crippen molar-refractivity contribution in [2.75, 3.05) is 11.4 Å². The van der Waals surface area contributed by atoms with Crippen LogP contribution in [-0.2, 0) is 12.3 Å². The standard InChI is InChI=1S/C16H15Cl2N/c17-11-13-14(18)7-3-9-16(13)19-10-4-6-12-5-1-2-8-15(12)19/h1-3,5,7-9H,4,6,10-11H2. The summed E-state index contributed by atoms with van der Waals surface area (Å²) in [4.78, 5) is 2.34. The molecular weight excluding hydrogens is 277 g/mol. The van der Waals surface area contributed by atoms with Crippen molar-refractivity contribution in [2.45, 2.75) is 18.7 Å². The predicted molar refractivity (Wildman–Crippen MR) is 82.8 cm³/mol. The summed E-state index contributed by atoms with van der Waals surface area (Å²) in [6.45, 7) is 1.02. The lowest BCUT2D eigenvalue weighted by Gasteiger charge is -2.32. The number of halogens is 2. The quantitative estimate of drug-likeness (QED) is 0.691. The van der Waals surface area contributed by atoms with E-state index in [-0.39, 0.29) is 0 Å². The molecule has 3 rings (SSSR count). The van der Waals surface area contributed by atoms with Crippen LogP contribution in [0.25, 0.3) is 0 Å². The summed E-state index contributed by atoms with van der Waals surface area (Å²) < 4.78 is 0. The van der Waals surface area contributed by atoms with Gasteiger partial charge >= 0.3 is 0 Å². The first-order valence-corrected chi connectivity index (χ1v) is 7.41. The van der Waals surface area contributed by atoms with Crippen LogP contribution in [0.2, 0.25) is 5.02 Å². The van der Waals surface area contributed by atoms with Crippen LogP contribution in [0.4, 0.5) is 11.4 Å². The van der Waals surface area contributed by atoms with Crippen molar-refractivity contribution >= 4 is 34.6 Å². The minimum atomic E-state index is 0.438. The zero-order chi connectivity index (χ0) is 13.2. The molecule has 3 heteroatoms. The second-order valence-electron chi connectivity index (χ2n) is 4.76. The van der Waals surface area contributed by atoms with Crippen molar-refractivity contribution in [3.05, 3.63) is 58.6 Å². The maximum atomic E-state index is 6.26. The van der Waals surface area contributed by atoms with Gasteiger partial charge in [0.2, 0.25) is 0 Å². The Morgan fingerprint density at radius 1 is 1.00 bits per heavy atom. The summed E-state index contributed by atoms with van der Waals surface area (Å²) in [5, 5.41) is 0.746. The Bertz CT molecular complexity index is 595. The normalized spacial score (nSPS) is 14.3. The third-order valence-electron chi connectivity index (χ3n) is 3.63. The van der Waals surface area contributed by atoms with E-state index in [1.54, 1.807) is 0 Å². The Hall–Kier alpha value is -1.18. The topological polar surface area (TPSA) is 3.24 Å². The van der Waals surface area contributed by atoms with Crippen LogP contribution < -0.4 is 4.90 Å². The zero-order valence-electron chi connectivity index (χ0n) is 10.6. The minimum Gasteiger partial charge on any atom is -0.341 e. The molecule has 0 unspecified atom stereocenters. The zero-order valence-corrected chi connectivity index (χ0v) is 12.1. The third-order valence-corrected chi connectivity index (χ3v) is 4.25. The Labute approximate surface area is 123 Å². The van der Waals surface area contributed by atoms with E-state index in [4.69, 9.17) is 23.2 Å². The molecule has 0 aromatic heterocycles. The van der Waals surface area contributed by atoms with E-state index in [0.29, 0.717) is 5.88 Å². The Morgan fingerprint density at radius 3 is 2.63 bits per heavy atom. The van der Waals surface area contributed by atoms with Crippen LogP contribution in [0.5, 0.6) is 0 Å². The smallest absolute Gasteiger partial charge is 0.0509 e. The SMILES string of the molecule is ClCc1c(Cl)cccc1N1CCCc2ccccc21. The fraction of sp³-hybridized carbons (Fsp3) is 0.250. The molecule has 0 fully saturated rings. The molecule has 0 amide bonds. The van der Waals surface area contributed by atoms with Crippen molar-refractivity contribution in [1.82, 2.24) is 0 Å². The lowest BCUT2D eigenvalue weighted by molar-refractivity contribution is 0.765. The fourth-order valence-electron chi connectivity index (χ4n) is 2.72. The molecule has 0 saturated heterocycles. The van der Waals surface area contributed by atoms with Crippen molar-refractivity contribution in [3.63, 3.8) is 0 Å². The molecule has 0 bridgehead atoms. The molecule has 0 aliphatic carbocycles. The molecule has 1 heterocycles. The summed E-state index contributed by atoms with van der Waals surface area (Å²) in [6, 6.07) is 14.6. The molecule has 0 saturated carbocycles. The van der Waals surface area contributed by atoms with Crippen LogP contribution in [-0.4, -0.2) is 6.54 Å². The molecule has 98 valence electrons. The van der Waals surface area contributed by atoms with Gasteiger partial charge in [0.25, 0.3) is 0 Å². The van der Waals surface area contributed by atoms with Crippen molar-refractivity contribution < 1.29 is 0 Å². The van der Waals surface area contributed by atoms with Gasteiger partial charge in [0.05, 0.1) is 5.88 Å². The summed E-state index contributed by atoms with van der Waals surface area (Å²) in [7, 11) is 0. The van der Waals surface area contributed by atoms with E-state index >= 15 is 0 Å². The largest absolute Gasteiger partial charge is 0.341 e. The highest BCUT2D eigenvalue weighted by Crippen LogP contribution is 2.37. The minimum absolute atomic E-state index is 0.438. The second kappa shape index (κ2) is 5.44. The van der Waals surface area contributed by atoms with Crippen molar-refractivity contribution in [1.29, 1.82) is 0 Å². The average molecular weight is 292 g/mol. The molecular formula is C16H15Cl2N. The van der Waals surface area contributed by atoms with E-state index in [9.17, 15) is 0 Å². The third kappa shape index (κ3) is 2.33. The molecule has 19 heavy (non-hydrogen) atoms. The van der Waals surface area contributed by atoms with Gasteiger partial charge in [-0.15, -0.1) is 11.6 Å². The molecule has 0 atom stereocenters. The number of fused-ring (bicyclic) bond motifs is 1. The molecule has 0 N–H and O–H groups in total. The summed E-state index contributed by atoms with van der Waals surface area (Å²) >= 11 is 12.3. The number of aryl methyl sites for hydroxylation is 1.